The van der Waals surface area contributed by atoms with Gasteiger partial charge in [0.2, 0.25) is 0 Å². The number of nitrogens with one attached hydrogen (secondary N) is 1. The number of carbonyl (C=O) groups is 2. The van der Waals surface area contributed by atoms with Crippen molar-refractivity contribution in [3.63, 3.8) is 0 Å². The summed E-state index contributed by atoms with van der Waals surface area (Å²) in [6.45, 7) is 0.898. The highest BCUT2D eigenvalue weighted by atomic mass is 35.5. The van der Waals surface area contributed by atoms with Gasteiger partial charge in [-0.25, -0.2) is 0 Å². The molecule has 1 fully saturated rings. The Morgan fingerprint density at radius 3 is 2.71 bits per heavy atom. The molecule has 2 aromatic rings. The summed E-state index contributed by atoms with van der Waals surface area (Å²) in [5.41, 5.74) is 6.96. The first-order valence-corrected chi connectivity index (χ1v) is 10.3. The van der Waals surface area contributed by atoms with E-state index < -0.39 is 11.7 Å². The summed E-state index contributed by atoms with van der Waals surface area (Å²) in [7, 11) is 1.13. The number of amides is 2. The van der Waals surface area contributed by atoms with Gasteiger partial charge in [0.15, 0.2) is 5.66 Å². The first kappa shape index (κ1) is 21.2. The van der Waals surface area contributed by atoms with E-state index in [1.807, 2.05) is 0 Å². The van der Waals surface area contributed by atoms with Crippen molar-refractivity contribution >= 4 is 40.0 Å². The highest BCUT2D eigenvalue weighted by molar-refractivity contribution is 6.36. The van der Waals surface area contributed by atoms with Crippen molar-refractivity contribution in [2.45, 2.75) is 24.6 Å². The number of nitroso groups, excluding NO2 is 1. The summed E-state index contributed by atoms with van der Waals surface area (Å²) < 4.78 is 1.43. The number of rotatable bonds is 2. The fraction of sp³-hybridized carbons (Fsp3) is 0.333. The summed E-state index contributed by atoms with van der Waals surface area (Å²) >= 11 is 6.31. The Bertz CT molecular complexity index is 1150. The topological polar surface area (TPSA) is 121 Å². The van der Waals surface area contributed by atoms with Gasteiger partial charge in [-0.05, 0) is 54.5 Å². The minimum absolute atomic E-state index is 0.232. The van der Waals surface area contributed by atoms with Crippen LogP contribution in [0.5, 0.6) is 0 Å². The molecule has 1 aromatic heterocycles. The lowest BCUT2D eigenvalue weighted by Gasteiger charge is -2.37. The van der Waals surface area contributed by atoms with Crippen LogP contribution >= 0.6 is 11.6 Å². The molecule has 3 heterocycles. The third-order valence-corrected chi connectivity index (χ3v) is 5.94. The minimum atomic E-state index is -1.42. The number of hydrogen-bond donors (Lipinski definition) is 3. The average Bonchev–Trinajstić information content (AvgIpc) is 3.09. The fourth-order valence-electron chi connectivity index (χ4n) is 3.92. The Hall–Kier alpha value is -3.01. The summed E-state index contributed by atoms with van der Waals surface area (Å²) in [5, 5.41) is 13.5. The standard InChI is InChI=1S/C21H23ClN5O4/c1-25(31)20(30)27-12-17(22)16-10-13(2-3-18(16)27)14-4-7-24-21(23,11-14)19(29)26-8-5-15(28)6-9-26/h2-4,7,10-12,15,24,28H,5-6,8-9,23H2,1H3/q+1. The summed E-state index contributed by atoms with van der Waals surface area (Å²) in [4.78, 5) is 38.2. The molecular formula is C21H23ClN5O4+. The number of nitrogens with zero attached hydrogens (tertiary/aromatic N) is 3. The van der Waals surface area contributed by atoms with Gasteiger partial charge in [-0.3, -0.25) is 10.5 Å². The number of hydrogen-bond acceptors (Lipinski definition) is 6. The predicted octanol–water partition coefficient (Wildman–Crippen LogP) is 1.81. The zero-order chi connectivity index (χ0) is 22.3. The van der Waals surface area contributed by atoms with E-state index in [9.17, 15) is 19.6 Å². The lowest BCUT2D eigenvalue weighted by molar-refractivity contribution is -0.416. The minimum Gasteiger partial charge on any atom is -0.393 e. The maximum absolute atomic E-state index is 13.0. The molecule has 4 rings (SSSR count). The largest absolute Gasteiger partial charge is 0.541 e. The maximum Gasteiger partial charge on any atom is 0.541 e. The molecule has 1 unspecified atom stereocenters. The molecule has 4 N–H and O–H groups in total. The lowest BCUT2D eigenvalue weighted by Crippen LogP contribution is -2.63. The van der Waals surface area contributed by atoms with Gasteiger partial charge in [0.1, 0.15) is 18.8 Å². The molecule has 1 atom stereocenters. The fourth-order valence-corrected chi connectivity index (χ4v) is 4.17. The second kappa shape index (κ2) is 7.92. The summed E-state index contributed by atoms with van der Waals surface area (Å²) in [6, 6.07) is 4.51. The Labute approximate surface area is 183 Å². The van der Waals surface area contributed by atoms with E-state index in [4.69, 9.17) is 17.3 Å². The quantitative estimate of drug-likeness (QED) is 0.607. The monoisotopic (exact) mass is 444 g/mol. The van der Waals surface area contributed by atoms with Crippen molar-refractivity contribution in [3.05, 3.63) is 58.2 Å². The van der Waals surface area contributed by atoms with Crippen molar-refractivity contribution < 1.29 is 19.5 Å². The lowest BCUT2D eigenvalue weighted by atomic mass is 9.95. The summed E-state index contributed by atoms with van der Waals surface area (Å²) in [5.74, 6) is -0.268. The first-order valence-electron chi connectivity index (χ1n) is 9.89. The molecule has 0 bridgehead atoms. The van der Waals surface area contributed by atoms with Crippen molar-refractivity contribution in [3.8, 4) is 0 Å². The number of allylic oxidation sites excluding steroid dienone is 2. The average molecular weight is 445 g/mol. The van der Waals surface area contributed by atoms with Crippen LogP contribution in [0.1, 0.15) is 18.4 Å². The Balaban J connectivity index is 1.67. The van der Waals surface area contributed by atoms with Crippen LogP contribution in [0.4, 0.5) is 4.79 Å². The molecular weight excluding hydrogens is 422 g/mol. The molecule has 2 aliphatic heterocycles. The van der Waals surface area contributed by atoms with Gasteiger partial charge in [-0.2, -0.15) is 9.36 Å². The number of aliphatic hydroxyl groups is 1. The van der Waals surface area contributed by atoms with Crippen molar-refractivity contribution in [1.29, 1.82) is 0 Å². The molecule has 0 saturated carbocycles. The maximum atomic E-state index is 13.0. The van der Waals surface area contributed by atoms with Gasteiger partial charge in [-0.1, -0.05) is 22.6 Å². The third-order valence-electron chi connectivity index (χ3n) is 5.64. The van der Waals surface area contributed by atoms with Gasteiger partial charge in [0.05, 0.1) is 11.1 Å². The number of piperidine rings is 1. The molecule has 0 aliphatic carbocycles. The smallest absolute Gasteiger partial charge is 0.393 e. The molecule has 0 spiro atoms. The van der Waals surface area contributed by atoms with Crippen LogP contribution in [0.25, 0.3) is 16.5 Å². The van der Waals surface area contributed by atoms with E-state index in [-0.39, 0.29) is 16.8 Å². The van der Waals surface area contributed by atoms with E-state index in [1.165, 1.54) is 10.8 Å². The van der Waals surface area contributed by atoms with Crippen LogP contribution < -0.4 is 11.1 Å². The zero-order valence-corrected chi connectivity index (χ0v) is 17.7. The van der Waals surface area contributed by atoms with E-state index in [0.717, 1.165) is 12.6 Å². The number of aromatic nitrogens is 1. The van der Waals surface area contributed by atoms with Gasteiger partial charge in [0, 0.05) is 23.2 Å². The number of likely N-dealkylation sites (tertiary alicyclic amines) is 1. The third kappa shape index (κ3) is 3.87. The molecule has 162 valence electrons. The second-order valence-corrected chi connectivity index (χ2v) is 8.24. The molecule has 1 aromatic carbocycles. The highest BCUT2D eigenvalue weighted by Gasteiger charge is 2.38. The molecule has 0 radical (unpaired) electrons. The van der Waals surface area contributed by atoms with Crippen molar-refractivity contribution in [2.75, 3.05) is 20.1 Å². The molecule has 10 heteroatoms. The van der Waals surface area contributed by atoms with Crippen LogP contribution in [-0.2, 0) is 4.79 Å². The second-order valence-electron chi connectivity index (χ2n) is 7.83. The highest BCUT2D eigenvalue weighted by Crippen LogP contribution is 2.31. The van der Waals surface area contributed by atoms with Crippen LogP contribution in [0.3, 0.4) is 0 Å². The van der Waals surface area contributed by atoms with E-state index in [1.54, 1.807) is 41.5 Å². The Morgan fingerprint density at radius 2 is 2.03 bits per heavy atom. The zero-order valence-electron chi connectivity index (χ0n) is 16.9. The molecule has 9 nitrogen and oxygen atoms in total. The van der Waals surface area contributed by atoms with Crippen molar-refractivity contribution in [1.82, 2.24) is 14.8 Å². The number of carbonyl (C=O) groups excluding carboxylic acids is 2. The molecule has 2 amide bonds. The Morgan fingerprint density at radius 1 is 1.32 bits per heavy atom. The van der Waals surface area contributed by atoms with E-state index >= 15 is 0 Å². The van der Waals surface area contributed by atoms with Crippen molar-refractivity contribution in [2.24, 2.45) is 5.73 Å². The summed E-state index contributed by atoms with van der Waals surface area (Å²) in [6.07, 6.45) is 7.14. The number of fused-ring (bicyclic) bond motifs is 1. The number of nitrogens with two attached hydrogens (primary N) is 1. The predicted molar refractivity (Wildman–Crippen MR) is 116 cm³/mol. The Kier molecular flexibility index (Phi) is 5.42. The van der Waals surface area contributed by atoms with Gasteiger partial charge in [-0.15, -0.1) is 0 Å². The van der Waals surface area contributed by atoms with Crippen LogP contribution in [0, 0.1) is 4.91 Å². The van der Waals surface area contributed by atoms with Gasteiger partial charge >= 0.3 is 6.03 Å². The van der Waals surface area contributed by atoms with Gasteiger partial charge < -0.3 is 15.3 Å². The molecule has 31 heavy (non-hydrogen) atoms. The number of dihydropyridines is 1. The number of benzene rings is 1. The molecule has 2 aliphatic rings. The van der Waals surface area contributed by atoms with E-state index in [2.05, 4.69) is 5.32 Å². The van der Waals surface area contributed by atoms with Crippen LogP contribution in [0.15, 0.2) is 42.7 Å². The van der Waals surface area contributed by atoms with E-state index in [0.29, 0.717) is 47.4 Å². The van der Waals surface area contributed by atoms with Gasteiger partial charge in [0.25, 0.3) is 5.91 Å². The SMILES string of the molecule is C[N+](=O)C(=O)n1cc(Cl)c2cc(C3=CC(N)(C(=O)N4CCC(O)CC4)NC=C3)ccc21. The first-order chi connectivity index (χ1) is 14.7. The molecule has 1 saturated heterocycles. The van der Waals surface area contributed by atoms with Crippen LogP contribution in [-0.4, -0.2) is 63.2 Å². The number of halogens is 1. The number of aliphatic hydroxyl groups excluding tert-OH is 1. The normalized spacial score (nSPS) is 21.7. The van der Waals surface area contributed by atoms with Crippen LogP contribution in [0.2, 0.25) is 5.02 Å².